The maximum atomic E-state index is 13.9. The average molecular weight is 1090 g/mol. The molecule has 0 aromatic heterocycles. The van der Waals surface area contributed by atoms with E-state index in [2.05, 4.69) is 15.9 Å². The molecule has 11 aromatic carbocycles. The highest BCUT2D eigenvalue weighted by Crippen LogP contribution is 2.41. The monoisotopic (exact) mass is 1090 g/mol. The maximum absolute atomic E-state index is 13.9. The highest BCUT2D eigenvalue weighted by molar-refractivity contribution is 9.10. The minimum atomic E-state index is -4.51. The number of halogens is 10. The van der Waals surface area contributed by atoms with Gasteiger partial charge in [-0.25, -0.2) is 0 Å². The van der Waals surface area contributed by atoms with Crippen molar-refractivity contribution >= 4 is 70.2 Å². The molecule has 2 aliphatic rings. The molecule has 0 saturated heterocycles. The minimum Gasteiger partial charge on any atom is -0.289 e. The molecule has 0 aliphatic heterocycles. The number of hydrogen-bond donors (Lipinski definition) is 0. The Bertz CT molecular complexity index is 4460. The van der Waals surface area contributed by atoms with E-state index in [1.807, 2.05) is 115 Å². The van der Waals surface area contributed by atoms with Crippen molar-refractivity contribution in [1.29, 1.82) is 0 Å². The second-order valence-electron chi connectivity index (χ2n) is 19.2. The summed E-state index contributed by atoms with van der Waals surface area (Å²) in [5.74, 6) is 0. The first kappa shape index (κ1) is 50.1. The van der Waals surface area contributed by atoms with Crippen molar-refractivity contribution in [2.75, 3.05) is 0 Å². The standard InChI is InChI=1S/C36H22F6.C20H10O2.C8H6BrF3/c1-19-11-21(15-23(13-19)35(37,38)39)33-27-9-5-3-7-25(27)29-17-30-26-8-4-6-10-28(26)34(32(30)18-31(29)33)22-12-20(2)14-24(16-22)36(40,41)42;21-19-13-7-3-1-5-11(13)15-9-16-12-6-2-4-8-14(12)20(22)18(16)10-17(15)19;1-5-2-6(8(10,11)12)4-7(9)3-5/h3-18H,1-2H3;1-10H;2-4H,1H3. The smallest absolute Gasteiger partial charge is 0.289 e. The molecule has 2 nitrogen and oxygen atoms in total. The molecular weight excluding hydrogens is 1050 g/mol. The van der Waals surface area contributed by atoms with Crippen LogP contribution >= 0.6 is 15.9 Å². The molecule has 0 N–H and O–H groups in total. The molecule has 0 atom stereocenters. The Morgan fingerprint density at radius 3 is 1.21 bits per heavy atom. The van der Waals surface area contributed by atoms with Crippen molar-refractivity contribution in [2.24, 2.45) is 0 Å². The summed E-state index contributed by atoms with van der Waals surface area (Å²) in [6.45, 7) is 4.91. The van der Waals surface area contributed by atoms with Gasteiger partial charge in [-0.1, -0.05) is 125 Å². The van der Waals surface area contributed by atoms with Crippen LogP contribution in [0.5, 0.6) is 0 Å². The molecule has 12 heteroatoms. The van der Waals surface area contributed by atoms with E-state index in [1.165, 1.54) is 12.1 Å². The average Bonchev–Trinajstić information content (AvgIpc) is 4.16. The van der Waals surface area contributed by atoms with Crippen molar-refractivity contribution in [3.63, 3.8) is 0 Å². The van der Waals surface area contributed by atoms with Crippen LogP contribution in [-0.4, -0.2) is 0 Å². The molecule has 0 unspecified atom stereocenters. The van der Waals surface area contributed by atoms with Gasteiger partial charge in [0.15, 0.2) is 10.9 Å². The van der Waals surface area contributed by atoms with Crippen LogP contribution in [0, 0.1) is 31.2 Å². The molecule has 0 fully saturated rings. The molecule has 0 saturated carbocycles. The van der Waals surface area contributed by atoms with Gasteiger partial charge >= 0.3 is 18.5 Å². The molecule has 11 aromatic rings. The summed E-state index contributed by atoms with van der Waals surface area (Å²) in [5.41, 5.74) is 5.11. The Morgan fingerprint density at radius 1 is 0.316 bits per heavy atom. The molecule has 76 heavy (non-hydrogen) atoms. The van der Waals surface area contributed by atoms with Gasteiger partial charge in [0.05, 0.1) is 16.7 Å². The van der Waals surface area contributed by atoms with Gasteiger partial charge in [0.1, 0.15) is 0 Å². The third-order valence-electron chi connectivity index (χ3n) is 14.0. The molecule has 0 spiro atoms. The van der Waals surface area contributed by atoms with E-state index in [0.717, 1.165) is 99.7 Å². The Kier molecular flexibility index (Phi) is 12.1. The van der Waals surface area contributed by atoms with E-state index in [4.69, 9.17) is 0 Å². The summed E-state index contributed by atoms with van der Waals surface area (Å²) in [5, 5.41) is 9.87. The second-order valence-corrected chi connectivity index (χ2v) is 20.1. The van der Waals surface area contributed by atoms with Crippen LogP contribution in [0.2, 0.25) is 0 Å². The van der Waals surface area contributed by atoms with Crippen molar-refractivity contribution in [2.45, 2.75) is 39.3 Å². The fourth-order valence-electron chi connectivity index (χ4n) is 10.9. The molecule has 13 rings (SSSR count). The van der Waals surface area contributed by atoms with Crippen LogP contribution in [0.4, 0.5) is 39.5 Å². The minimum absolute atomic E-state index is 0.0113. The van der Waals surface area contributed by atoms with Gasteiger partial charge in [0, 0.05) is 26.0 Å². The van der Waals surface area contributed by atoms with Gasteiger partial charge in [-0.3, -0.25) is 9.59 Å². The normalized spacial score (nSPS) is 12.9. The largest absolute Gasteiger partial charge is 0.416 e. The summed E-state index contributed by atoms with van der Waals surface area (Å²) in [6.07, 6.45) is -13.3. The number of rotatable bonds is 2. The Balaban J connectivity index is 0.000000149. The molecule has 2 aliphatic carbocycles. The van der Waals surface area contributed by atoms with Gasteiger partial charge in [-0.2, -0.15) is 39.5 Å². The fourth-order valence-corrected chi connectivity index (χ4v) is 11.5. The topological polar surface area (TPSA) is 34.1 Å². The highest BCUT2D eigenvalue weighted by atomic mass is 79.9. The molecule has 0 bridgehead atoms. The Hall–Kier alpha value is -8.09. The van der Waals surface area contributed by atoms with Crippen molar-refractivity contribution in [3.05, 3.63) is 277 Å². The van der Waals surface area contributed by atoms with Gasteiger partial charge in [-0.15, -0.1) is 0 Å². The van der Waals surface area contributed by atoms with Crippen molar-refractivity contribution in [3.8, 4) is 11.1 Å². The van der Waals surface area contributed by atoms with E-state index >= 15 is 0 Å². The maximum Gasteiger partial charge on any atom is 0.416 e. The number of aryl methyl sites for hydroxylation is 3. The summed E-state index contributed by atoms with van der Waals surface area (Å²) < 4.78 is 120. The summed E-state index contributed by atoms with van der Waals surface area (Å²) >= 11 is 3.01. The van der Waals surface area contributed by atoms with Gasteiger partial charge in [-0.05, 0) is 191 Å². The van der Waals surface area contributed by atoms with E-state index in [9.17, 15) is 49.1 Å². The van der Waals surface area contributed by atoms with Crippen LogP contribution in [0.1, 0.15) is 55.6 Å². The zero-order valence-corrected chi connectivity index (χ0v) is 41.9. The number of alkyl halides is 9. The zero-order valence-electron chi connectivity index (χ0n) is 40.3. The highest BCUT2D eigenvalue weighted by Gasteiger charge is 2.34. The molecule has 0 heterocycles. The van der Waals surface area contributed by atoms with Gasteiger partial charge in [0.25, 0.3) is 0 Å². The summed E-state index contributed by atoms with van der Waals surface area (Å²) in [7, 11) is 0. The third-order valence-corrected chi connectivity index (χ3v) is 14.5. The molecule has 0 radical (unpaired) electrons. The Labute approximate surface area is 435 Å². The van der Waals surface area contributed by atoms with Crippen LogP contribution in [0.25, 0.3) is 65.4 Å². The first-order valence-electron chi connectivity index (χ1n) is 23.9. The van der Waals surface area contributed by atoms with E-state index in [0.29, 0.717) is 54.2 Å². The van der Waals surface area contributed by atoms with E-state index in [1.54, 1.807) is 45.0 Å². The van der Waals surface area contributed by atoms with Crippen LogP contribution in [0.15, 0.2) is 190 Å². The molecular formula is C64H38BrF9O2. The van der Waals surface area contributed by atoms with E-state index in [-0.39, 0.29) is 10.9 Å². The van der Waals surface area contributed by atoms with Crippen LogP contribution in [0.3, 0.4) is 0 Å². The predicted molar refractivity (Wildman–Crippen MR) is 286 cm³/mol. The van der Waals surface area contributed by atoms with Crippen LogP contribution < -0.4 is 21.3 Å². The fraction of sp³-hybridized carbons (Fsp3) is 0.0938. The van der Waals surface area contributed by atoms with E-state index < -0.39 is 35.2 Å². The lowest BCUT2D eigenvalue weighted by Crippen LogP contribution is -2.12. The lowest BCUT2D eigenvalue weighted by molar-refractivity contribution is -0.138. The number of fused-ring (bicyclic) bond motifs is 11. The second kappa shape index (κ2) is 18.3. The molecule has 376 valence electrons. The summed E-state index contributed by atoms with van der Waals surface area (Å²) in [6, 6.07) is 50.1. The summed E-state index contributed by atoms with van der Waals surface area (Å²) in [4.78, 5) is 25.1. The predicted octanol–water partition coefficient (Wildman–Crippen LogP) is 16.1. The third kappa shape index (κ3) is 8.77. The Morgan fingerprint density at radius 2 is 0.711 bits per heavy atom. The number of hydrogen-bond acceptors (Lipinski definition) is 2. The lowest BCUT2D eigenvalue weighted by Gasteiger charge is -2.14. The number of benzene rings is 9. The SMILES string of the molecule is Cc1cc(Br)cc(C(F)(F)F)c1.Cc1cc(C2=c3cc4c(cc3-c3ccccc32)=c2ccccc2=C4c2cc(C)cc(C(F)(F)F)c2)cc(C(F)(F)F)c1.O=c1c2ccccc2c2cc3c(cc12)c(=O)c1ccccc13. The lowest BCUT2D eigenvalue weighted by atomic mass is 9.92. The first-order chi connectivity index (χ1) is 36.0. The van der Waals surface area contributed by atoms with Gasteiger partial charge in [0.2, 0.25) is 0 Å². The van der Waals surface area contributed by atoms with Crippen molar-refractivity contribution in [1.82, 2.24) is 0 Å². The zero-order chi connectivity index (χ0) is 53.7. The molecule has 0 amide bonds. The van der Waals surface area contributed by atoms with Gasteiger partial charge < -0.3 is 0 Å². The van der Waals surface area contributed by atoms with Crippen molar-refractivity contribution < 1.29 is 39.5 Å². The quantitative estimate of drug-likeness (QED) is 0.162. The first-order valence-corrected chi connectivity index (χ1v) is 24.7. The van der Waals surface area contributed by atoms with Crippen LogP contribution in [-0.2, 0) is 18.5 Å².